The van der Waals surface area contributed by atoms with E-state index in [1.54, 1.807) is 22.6 Å². The van der Waals surface area contributed by atoms with E-state index in [-0.39, 0.29) is 0 Å². The molecule has 0 bridgehead atoms. The molecule has 84 valence electrons. The zero-order chi connectivity index (χ0) is 11.1. The zero-order valence-electron chi connectivity index (χ0n) is 7.59. The molecule has 0 saturated carbocycles. The third-order valence-corrected chi connectivity index (χ3v) is 4.05. The van der Waals surface area contributed by atoms with Crippen molar-refractivity contribution in [3.05, 3.63) is 0 Å². The largest absolute Gasteiger partial charge is 0.394 e. The third-order valence-electron chi connectivity index (χ3n) is 2.41. The van der Waals surface area contributed by atoms with Crippen LogP contribution in [0.15, 0.2) is 0 Å². The van der Waals surface area contributed by atoms with Crippen molar-refractivity contribution in [3.8, 4) is 0 Å². The first kappa shape index (κ1) is 12.6. The molecule has 1 saturated heterocycles. The lowest BCUT2D eigenvalue weighted by molar-refractivity contribution is -0.309. The Morgan fingerprint density at radius 3 is 2.43 bits per heavy atom. The van der Waals surface area contributed by atoms with Gasteiger partial charge in [0.2, 0.25) is 0 Å². The van der Waals surface area contributed by atoms with E-state index in [1.165, 1.54) is 6.92 Å². The number of aliphatic hydroxyl groups is 4. The molecule has 1 rings (SSSR count). The van der Waals surface area contributed by atoms with Crippen LogP contribution in [0.3, 0.4) is 0 Å². The summed E-state index contributed by atoms with van der Waals surface area (Å²) in [5, 5.41) is 37.7. The minimum Gasteiger partial charge on any atom is -0.394 e. The standard InChI is InChI=1S/C7H14INO5/c1-6(13)7(8,9)5(12)4(11)3(2-10)14-6/h3-5,10-13H,2,9H2,1H3/t3-,4-,5+,6+,7-/m1/s1. The minimum atomic E-state index is -1.81. The van der Waals surface area contributed by atoms with Gasteiger partial charge < -0.3 is 30.9 Å². The fourth-order valence-electron chi connectivity index (χ4n) is 1.33. The summed E-state index contributed by atoms with van der Waals surface area (Å²) in [4.78, 5) is 0. The monoisotopic (exact) mass is 319 g/mol. The second-order valence-corrected chi connectivity index (χ2v) is 5.31. The number of aliphatic hydroxyl groups excluding tert-OH is 3. The number of halogens is 1. The van der Waals surface area contributed by atoms with Gasteiger partial charge in [0.15, 0.2) is 9.33 Å². The van der Waals surface area contributed by atoms with E-state index >= 15 is 0 Å². The van der Waals surface area contributed by atoms with Gasteiger partial charge in [0.25, 0.3) is 0 Å². The molecule has 0 spiro atoms. The molecular formula is C7H14INO5. The minimum absolute atomic E-state index is 0.499. The molecule has 6 nitrogen and oxygen atoms in total. The normalized spacial score (nSPS) is 54.6. The van der Waals surface area contributed by atoms with E-state index in [0.717, 1.165) is 0 Å². The van der Waals surface area contributed by atoms with Crippen molar-refractivity contribution in [1.29, 1.82) is 0 Å². The van der Waals surface area contributed by atoms with Crippen LogP contribution in [0.4, 0.5) is 0 Å². The van der Waals surface area contributed by atoms with Crippen molar-refractivity contribution < 1.29 is 25.2 Å². The maximum Gasteiger partial charge on any atom is 0.193 e. The van der Waals surface area contributed by atoms with Gasteiger partial charge in [-0.3, -0.25) is 0 Å². The van der Waals surface area contributed by atoms with E-state index in [0.29, 0.717) is 0 Å². The molecule has 0 aromatic heterocycles. The summed E-state index contributed by atoms with van der Waals surface area (Å²) in [5.74, 6) is -1.81. The van der Waals surface area contributed by atoms with Crippen LogP contribution in [-0.4, -0.2) is 54.7 Å². The Hall–Kier alpha value is 0.490. The molecule has 0 aromatic carbocycles. The summed E-state index contributed by atoms with van der Waals surface area (Å²) in [6, 6.07) is 0. The van der Waals surface area contributed by atoms with Crippen molar-refractivity contribution in [2.45, 2.75) is 34.6 Å². The van der Waals surface area contributed by atoms with E-state index in [9.17, 15) is 15.3 Å². The molecule has 0 radical (unpaired) electrons. The SMILES string of the molecule is C[C@]1(O)O[C@H](CO)[C@@H](O)[C@H](O)[C@]1(N)I. The molecule has 0 unspecified atom stereocenters. The zero-order valence-corrected chi connectivity index (χ0v) is 9.75. The maximum absolute atomic E-state index is 9.75. The molecule has 14 heavy (non-hydrogen) atoms. The molecule has 1 aliphatic rings. The smallest absolute Gasteiger partial charge is 0.193 e. The van der Waals surface area contributed by atoms with Crippen LogP contribution in [0.25, 0.3) is 0 Å². The van der Waals surface area contributed by atoms with Gasteiger partial charge in [0.05, 0.1) is 6.61 Å². The Bertz CT molecular complexity index is 222. The first-order valence-electron chi connectivity index (χ1n) is 4.09. The van der Waals surface area contributed by atoms with E-state index < -0.39 is 34.3 Å². The molecule has 0 aliphatic carbocycles. The highest BCUT2D eigenvalue weighted by molar-refractivity contribution is 14.1. The third kappa shape index (κ3) is 1.77. The molecule has 6 N–H and O–H groups in total. The molecule has 1 heterocycles. The van der Waals surface area contributed by atoms with Gasteiger partial charge in [0, 0.05) is 0 Å². The topological polar surface area (TPSA) is 116 Å². The highest BCUT2D eigenvalue weighted by Crippen LogP contribution is 2.38. The molecule has 5 atom stereocenters. The van der Waals surface area contributed by atoms with Crippen molar-refractivity contribution in [3.63, 3.8) is 0 Å². The number of ether oxygens (including phenoxy) is 1. The number of alkyl halides is 1. The summed E-state index contributed by atoms with van der Waals surface area (Å²) in [5.41, 5.74) is 5.63. The van der Waals surface area contributed by atoms with Gasteiger partial charge in [-0.05, 0) is 6.92 Å². The Balaban J connectivity index is 2.95. The van der Waals surface area contributed by atoms with Crippen LogP contribution in [0, 0.1) is 0 Å². The fraction of sp³-hybridized carbons (Fsp3) is 1.00. The van der Waals surface area contributed by atoms with Crippen LogP contribution in [0.1, 0.15) is 6.92 Å². The number of hydrogen-bond acceptors (Lipinski definition) is 6. The average molecular weight is 319 g/mol. The molecule has 7 heteroatoms. The van der Waals surface area contributed by atoms with Gasteiger partial charge >= 0.3 is 0 Å². The fourth-order valence-corrected chi connectivity index (χ4v) is 1.82. The maximum atomic E-state index is 9.75. The molecule has 1 fully saturated rings. The van der Waals surface area contributed by atoms with Gasteiger partial charge in [0.1, 0.15) is 18.3 Å². The van der Waals surface area contributed by atoms with Crippen molar-refractivity contribution >= 4 is 22.6 Å². The van der Waals surface area contributed by atoms with Crippen LogP contribution >= 0.6 is 22.6 Å². The Kier molecular flexibility index (Phi) is 3.42. The van der Waals surface area contributed by atoms with Crippen molar-refractivity contribution in [2.75, 3.05) is 6.61 Å². The van der Waals surface area contributed by atoms with Crippen LogP contribution in [0.2, 0.25) is 0 Å². The van der Waals surface area contributed by atoms with Gasteiger partial charge in [-0.25, -0.2) is 0 Å². The van der Waals surface area contributed by atoms with E-state index in [2.05, 4.69) is 0 Å². The summed E-state index contributed by atoms with van der Waals surface area (Å²) >= 11 is 1.61. The van der Waals surface area contributed by atoms with Crippen molar-refractivity contribution in [2.24, 2.45) is 5.73 Å². The summed E-state index contributed by atoms with van der Waals surface area (Å²) < 4.78 is 3.47. The molecule has 1 aliphatic heterocycles. The molecular weight excluding hydrogens is 305 g/mol. The van der Waals surface area contributed by atoms with E-state index in [1.807, 2.05) is 0 Å². The lowest BCUT2D eigenvalue weighted by Crippen LogP contribution is -2.73. The lowest BCUT2D eigenvalue weighted by atomic mass is 9.92. The van der Waals surface area contributed by atoms with Gasteiger partial charge in [-0.2, -0.15) is 0 Å². The second-order valence-electron chi connectivity index (χ2n) is 3.53. The summed E-state index contributed by atoms with van der Waals surface area (Å²) in [6.45, 7) is 0.776. The average Bonchev–Trinajstić information content (AvgIpc) is 2.09. The Morgan fingerprint density at radius 1 is 1.50 bits per heavy atom. The number of nitrogens with two attached hydrogens (primary N) is 1. The molecule has 0 aromatic rings. The highest BCUT2D eigenvalue weighted by Gasteiger charge is 2.58. The van der Waals surface area contributed by atoms with Crippen LogP contribution in [0.5, 0.6) is 0 Å². The number of rotatable bonds is 1. The highest BCUT2D eigenvalue weighted by atomic mass is 127. The first-order valence-corrected chi connectivity index (χ1v) is 5.17. The first-order chi connectivity index (χ1) is 6.24. The van der Waals surface area contributed by atoms with E-state index in [4.69, 9.17) is 15.6 Å². The summed E-state index contributed by atoms with van der Waals surface area (Å²) in [6.07, 6.45) is -3.72. The quantitative estimate of drug-likeness (QED) is 0.215. The van der Waals surface area contributed by atoms with Gasteiger partial charge in [-0.1, -0.05) is 22.6 Å². The van der Waals surface area contributed by atoms with Gasteiger partial charge in [-0.15, -0.1) is 0 Å². The van der Waals surface area contributed by atoms with Crippen LogP contribution in [-0.2, 0) is 4.74 Å². The summed E-state index contributed by atoms with van der Waals surface area (Å²) in [7, 11) is 0. The predicted octanol–water partition coefficient (Wildman–Crippen LogP) is -2.10. The van der Waals surface area contributed by atoms with Crippen molar-refractivity contribution in [1.82, 2.24) is 0 Å². The predicted molar refractivity (Wildman–Crippen MR) is 55.5 cm³/mol. The van der Waals surface area contributed by atoms with Crippen LogP contribution < -0.4 is 5.73 Å². The lowest BCUT2D eigenvalue weighted by Gasteiger charge is -2.49. The second kappa shape index (κ2) is 3.81. The molecule has 0 amide bonds. The Labute approximate surface area is 94.8 Å². The number of hydrogen-bond donors (Lipinski definition) is 5. The Morgan fingerprint density at radius 2 is 2.00 bits per heavy atom.